The van der Waals surface area contributed by atoms with Crippen LogP contribution in [-0.4, -0.2) is 96.6 Å². The molecule has 1 aliphatic rings. The van der Waals surface area contributed by atoms with Crippen LogP contribution in [0.4, 0.5) is 16.3 Å². The quantitative estimate of drug-likeness (QED) is 0.0507. The SMILES string of the molecule is C=CCC(NC(=O)OCc1cc(OC)c(OC)cc1[N+](=O)[O-])C(=O)O[C@H]1[C@@H](O)[C@H](n2cnc3c(N)ncnc32)O[C@@H]1COP(=O)(O)O. The van der Waals surface area contributed by atoms with Crippen molar-refractivity contribution in [2.45, 2.75) is 43.6 Å². The van der Waals surface area contributed by atoms with Gasteiger partial charge in [-0.25, -0.2) is 29.1 Å². The number of nitro benzene ring substituents is 1. The highest BCUT2D eigenvalue weighted by molar-refractivity contribution is 7.46. The molecule has 1 aromatic carbocycles. The van der Waals surface area contributed by atoms with Gasteiger partial charge in [-0.3, -0.25) is 19.2 Å². The Hall–Kier alpha value is -4.92. The van der Waals surface area contributed by atoms with Gasteiger partial charge in [0.25, 0.3) is 5.69 Å². The number of nitrogens with two attached hydrogens (primary N) is 1. The molecule has 47 heavy (non-hydrogen) atoms. The number of imidazole rings is 1. The second kappa shape index (κ2) is 14.7. The number of fused-ring (bicyclic) bond motifs is 1. The van der Waals surface area contributed by atoms with E-state index >= 15 is 0 Å². The number of carbonyl (C=O) groups excluding carboxylic acids is 2. The van der Waals surface area contributed by atoms with E-state index in [1.807, 2.05) is 0 Å². The van der Waals surface area contributed by atoms with E-state index in [1.165, 1.54) is 37.3 Å². The molecule has 3 aromatic rings. The molecule has 1 unspecified atom stereocenters. The third-order valence-electron chi connectivity index (χ3n) is 6.75. The summed E-state index contributed by atoms with van der Waals surface area (Å²) in [6.45, 7) is 2.10. The van der Waals surface area contributed by atoms with Crippen molar-refractivity contribution >= 4 is 42.6 Å². The molecule has 6 N–H and O–H groups in total. The summed E-state index contributed by atoms with van der Waals surface area (Å²) in [5.41, 5.74) is 5.65. The molecule has 5 atom stereocenters. The average Bonchev–Trinajstić information content (AvgIpc) is 3.59. The molecule has 3 heterocycles. The van der Waals surface area contributed by atoms with Gasteiger partial charge in [0.05, 0.1) is 43.7 Å². The molecule has 0 spiro atoms. The lowest BCUT2D eigenvalue weighted by Crippen LogP contribution is -2.46. The first kappa shape index (κ1) is 34.9. The van der Waals surface area contributed by atoms with Gasteiger partial charge in [-0.05, 0) is 12.5 Å². The van der Waals surface area contributed by atoms with E-state index in [1.54, 1.807) is 0 Å². The number of aromatic nitrogens is 4. The zero-order valence-electron chi connectivity index (χ0n) is 24.7. The molecule has 1 saturated heterocycles. The molecule has 0 bridgehead atoms. The predicted molar refractivity (Wildman–Crippen MR) is 156 cm³/mol. The second-order valence-electron chi connectivity index (χ2n) is 9.72. The lowest BCUT2D eigenvalue weighted by molar-refractivity contribution is -0.385. The molecule has 0 radical (unpaired) electrons. The monoisotopic (exact) mass is 683 g/mol. The van der Waals surface area contributed by atoms with Gasteiger partial charge in [-0.15, -0.1) is 6.58 Å². The fraction of sp³-hybridized carbons (Fsp3) is 0.400. The van der Waals surface area contributed by atoms with Crippen molar-refractivity contribution in [2.24, 2.45) is 0 Å². The van der Waals surface area contributed by atoms with Crippen LogP contribution in [0.25, 0.3) is 11.2 Å². The first-order valence-electron chi connectivity index (χ1n) is 13.4. The van der Waals surface area contributed by atoms with Crippen molar-refractivity contribution in [3.05, 3.63) is 53.1 Å². The van der Waals surface area contributed by atoms with Gasteiger partial charge in [0, 0.05) is 0 Å². The Bertz CT molecular complexity index is 1700. The number of nitro groups is 1. The molecule has 0 aliphatic carbocycles. The van der Waals surface area contributed by atoms with Crippen LogP contribution in [0.3, 0.4) is 0 Å². The maximum Gasteiger partial charge on any atom is 0.469 e. The van der Waals surface area contributed by atoms with Gasteiger partial charge >= 0.3 is 19.9 Å². The van der Waals surface area contributed by atoms with Crippen molar-refractivity contribution in [2.75, 3.05) is 26.6 Å². The van der Waals surface area contributed by atoms with E-state index in [0.717, 1.165) is 12.4 Å². The van der Waals surface area contributed by atoms with Crippen molar-refractivity contribution < 1.29 is 62.2 Å². The van der Waals surface area contributed by atoms with Gasteiger partial charge in [0.15, 0.2) is 35.3 Å². The van der Waals surface area contributed by atoms with Crippen molar-refractivity contribution in [1.29, 1.82) is 0 Å². The molecule has 4 rings (SSSR count). The van der Waals surface area contributed by atoms with Crippen LogP contribution in [0.15, 0.2) is 37.4 Å². The number of nitrogen functional groups attached to an aromatic ring is 1. The fourth-order valence-corrected chi connectivity index (χ4v) is 4.92. The average molecular weight is 684 g/mol. The number of ether oxygens (including phenoxy) is 5. The summed E-state index contributed by atoms with van der Waals surface area (Å²) >= 11 is 0. The molecule has 254 valence electrons. The zero-order chi connectivity index (χ0) is 34.5. The molecule has 22 heteroatoms. The third kappa shape index (κ3) is 8.09. The Labute approximate surface area is 264 Å². The van der Waals surface area contributed by atoms with Crippen LogP contribution >= 0.6 is 7.82 Å². The summed E-state index contributed by atoms with van der Waals surface area (Å²) in [5.74, 6) is -0.894. The van der Waals surface area contributed by atoms with Crippen molar-refractivity contribution in [3.8, 4) is 11.5 Å². The number of esters is 1. The Kier molecular flexibility index (Phi) is 10.9. The highest BCUT2D eigenvalue weighted by Gasteiger charge is 2.49. The smallest absolute Gasteiger partial charge is 0.469 e. The van der Waals surface area contributed by atoms with E-state index in [-0.39, 0.29) is 40.5 Å². The Morgan fingerprint density at radius 3 is 2.60 bits per heavy atom. The van der Waals surface area contributed by atoms with Gasteiger partial charge in [0.1, 0.15) is 36.7 Å². The molecule has 2 aromatic heterocycles. The van der Waals surface area contributed by atoms with Crippen LogP contribution in [0.5, 0.6) is 11.5 Å². The number of methoxy groups -OCH3 is 2. The van der Waals surface area contributed by atoms with Crippen molar-refractivity contribution in [1.82, 2.24) is 24.8 Å². The lowest BCUT2D eigenvalue weighted by Gasteiger charge is -2.24. The number of nitrogens with zero attached hydrogens (tertiary/aromatic N) is 5. The molecular formula is C25H30N7O14P. The predicted octanol–water partition coefficient (Wildman–Crippen LogP) is 0.484. The molecule has 0 saturated carbocycles. The molecule has 21 nitrogen and oxygen atoms in total. The molecule has 1 aliphatic heterocycles. The first-order chi connectivity index (χ1) is 22.3. The van der Waals surface area contributed by atoms with Crippen LogP contribution in [0.2, 0.25) is 0 Å². The van der Waals surface area contributed by atoms with Gasteiger partial charge < -0.3 is 49.6 Å². The summed E-state index contributed by atoms with van der Waals surface area (Å²) < 4.78 is 43.8. The van der Waals surface area contributed by atoms with Gasteiger partial charge in [0.2, 0.25) is 0 Å². The number of phosphoric ester groups is 1. The number of rotatable bonds is 14. The number of phosphoric acid groups is 1. The standard InChI is InChI=1S/C25H30N7O14P/c1-4-5-13(30-25(35)43-8-12-6-15(41-2)16(42-3)7-14(12)32(36)37)24(34)46-20-17(9-44-47(38,39)40)45-23(19(20)33)31-11-29-18-21(26)27-10-28-22(18)31/h4,6-7,10-11,13,17,19-20,23,33H,1,5,8-9H2,2-3H3,(H,30,35)(H2,26,27,28)(H2,38,39,40)/t13?,17-,19-,20-,23-/m1/s1. The number of carbonyl (C=O) groups is 2. The minimum absolute atomic E-state index is 0.0246. The summed E-state index contributed by atoms with van der Waals surface area (Å²) in [4.78, 5) is 67.2. The number of hydrogen-bond donors (Lipinski definition) is 5. The summed E-state index contributed by atoms with van der Waals surface area (Å²) in [6, 6.07) is 0.884. The van der Waals surface area contributed by atoms with Crippen LogP contribution < -0.4 is 20.5 Å². The van der Waals surface area contributed by atoms with E-state index in [9.17, 15) is 39.2 Å². The number of alkyl carbamates (subject to hydrolysis) is 1. The molecule has 1 fully saturated rings. The molecule has 1 amide bonds. The maximum absolute atomic E-state index is 13.3. The summed E-state index contributed by atoms with van der Waals surface area (Å²) in [5, 5.41) is 25.0. The number of benzene rings is 1. The lowest BCUT2D eigenvalue weighted by atomic mass is 10.1. The number of nitrogens with one attached hydrogen (secondary N) is 1. The Morgan fingerprint density at radius 1 is 1.26 bits per heavy atom. The number of anilines is 1. The second-order valence-corrected chi connectivity index (χ2v) is 11.0. The van der Waals surface area contributed by atoms with Gasteiger partial charge in [-0.1, -0.05) is 6.08 Å². The topological polar surface area (TPSA) is 292 Å². The number of amides is 1. The number of aliphatic hydroxyl groups excluding tert-OH is 1. The number of aliphatic hydroxyl groups is 1. The van der Waals surface area contributed by atoms with Gasteiger partial charge in [-0.2, -0.15) is 0 Å². The summed E-state index contributed by atoms with van der Waals surface area (Å²) in [7, 11) is -2.43. The maximum atomic E-state index is 13.3. The van der Waals surface area contributed by atoms with E-state index in [0.29, 0.717) is 0 Å². The Balaban J connectivity index is 1.50. The third-order valence-corrected chi connectivity index (χ3v) is 7.23. The van der Waals surface area contributed by atoms with E-state index in [2.05, 4.69) is 31.4 Å². The van der Waals surface area contributed by atoms with E-state index < -0.39 is 74.3 Å². The molecular weight excluding hydrogens is 653 g/mol. The highest BCUT2D eigenvalue weighted by Crippen LogP contribution is 2.40. The first-order valence-corrected chi connectivity index (χ1v) is 14.9. The van der Waals surface area contributed by atoms with Crippen molar-refractivity contribution in [3.63, 3.8) is 0 Å². The number of hydrogen-bond acceptors (Lipinski definition) is 16. The highest BCUT2D eigenvalue weighted by atomic mass is 31.2. The fourth-order valence-electron chi connectivity index (χ4n) is 4.58. The Morgan fingerprint density at radius 2 is 1.96 bits per heavy atom. The van der Waals surface area contributed by atoms with Crippen LogP contribution in [-0.2, 0) is 34.7 Å². The minimum Gasteiger partial charge on any atom is -0.493 e. The zero-order valence-corrected chi connectivity index (χ0v) is 25.6. The normalized spacial score (nSPS) is 19.9. The van der Waals surface area contributed by atoms with Crippen LogP contribution in [0.1, 0.15) is 18.2 Å². The largest absolute Gasteiger partial charge is 0.493 e. The summed E-state index contributed by atoms with van der Waals surface area (Å²) in [6.07, 6.45) is -3.84. The van der Waals surface area contributed by atoms with Crippen LogP contribution in [0, 0.1) is 10.1 Å². The minimum atomic E-state index is -5.03. The van der Waals surface area contributed by atoms with E-state index in [4.69, 9.17) is 29.4 Å².